The van der Waals surface area contributed by atoms with Crippen molar-refractivity contribution in [2.75, 3.05) is 20.3 Å². The van der Waals surface area contributed by atoms with Gasteiger partial charge >= 0.3 is 0 Å². The fourth-order valence-corrected chi connectivity index (χ4v) is 4.19. The van der Waals surface area contributed by atoms with Crippen molar-refractivity contribution >= 4 is 0 Å². The van der Waals surface area contributed by atoms with E-state index in [1.165, 1.54) is 25.7 Å². The molecule has 21 heavy (non-hydrogen) atoms. The van der Waals surface area contributed by atoms with Crippen molar-refractivity contribution in [2.24, 2.45) is 17.8 Å². The molecule has 0 aliphatic heterocycles. The molecular formula is C18H27NO2. The minimum atomic E-state index is 0.625. The van der Waals surface area contributed by atoms with Crippen LogP contribution in [0.15, 0.2) is 24.3 Å². The quantitative estimate of drug-likeness (QED) is 0.779. The number of methoxy groups -OCH3 is 1. The van der Waals surface area contributed by atoms with Gasteiger partial charge in [-0.25, -0.2) is 0 Å². The van der Waals surface area contributed by atoms with E-state index < -0.39 is 0 Å². The molecule has 1 aromatic rings. The van der Waals surface area contributed by atoms with Gasteiger partial charge in [0, 0.05) is 12.6 Å². The molecule has 2 aliphatic rings. The third-order valence-electron chi connectivity index (χ3n) is 5.33. The van der Waals surface area contributed by atoms with E-state index in [0.717, 1.165) is 42.4 Å². The summed E-state index contributed by atoms with van der Waals surface area (Å²) in [6.07, 6.45) is 5.87. The Morgan fingerprint density at radius 1 is 1.14 bits per heavy atom. The highest BCUT2D eigenvalue weighted by Crippen LogP contribution is 2.49. The summed E-state index contributed by atoms with van der Waals surface area (Å²) in [6.45, 7) is 3.98. The van der Waals surface area contributed by atoms with Gasteiger partial charge in [0.25, 0.3) is 0 Å². The summed E-state index contributed by atoms with van der Waals surface area (Å²) in [5.41, 5.74) is 0. The Labute approximate surface area is 128 Å². The minimum Gasteiger partial charge on any atom is -0.497 e. The van der Waals surface area contributed by atoms with Crippen LogP contribution in [0.5, 0.6) is 11.5 Å². The highest BCUT2D eigenvalue weighted by Gasteiger charge is 2.41. The Morgan fingerprint density at radius 3 is 2.52 bits per heavy atom. The lowest BCUT2D eigenvalue weighted by Gasteiger charge is -2.28. The molecule has 3 rings (SSSR count). The van der Waals surface area contributed by atoms with Crippen LogP contribution in [0.1, 0.15) is 32.6 Å². The summed E-state index contributed by atoms with van der Waals surface area (Å²) in [4.78, 5) is 0. The molecule has 0 saturated heterocycles. The number of benzene rings is 1. The van der Waals surface area contributed by atoms with Gasteiger partial charge in [-0.3, -0.25) is 0 Å². The molecule has 2 bridgehead atoms. The first-order valence-corrected chi connectivity index (χ1v) is 8.26. The van der Waals surface area contributed by atoms with Gasteiger partial charge in [-0.1, -0.05) is 6.42 Å². The first kappa shape index (κ1) is 14.7. The normalized spacial score (nSPS) is 28.6. The van der Waals surface area contributed by atoms with Gasteiger partial charge in [-0.15, -0.1) is 0 Å². The molecule has 4 unspecified atom stereocenters. The summed E-state index contributed by atoms with van der Waals surface area (Å²) >= 11 is 0. The molecule has 2 fully saturated rings. The Bertz CT molecular complexity index is 445. The van der Waals surface area contributed by atoms with Crippen LogP contribution in [-0.4, -0.2) is 26.3 Å². The number of rotatable bonds is 7. The Kier molecular flexibility index (Phi) is 4.69. The lowest BCUT2D eigenvalue weighted by Crippen LogP contribution is -2.38. The molecule has 1 N–H and O–H groups in total. The van der Waals surface area contributed by atoms with Crippen molar-refractivity contribution in [3.05, 3.63) is 24.3 Å². The maximum atomic E-state index is 5.76. The molecule has 116 valence electrons. The zero-order valence-corrected chi connectivity index (χ0v) is 13.2. The second-order valence-electron chi connectivity index (χ2n) is 6.61. The minimum absolute atomic E-state index is 0.625. The smallest absolute Gasteiger partial charge is 0.119 e. The van der Waals surface area contributed by atoms with Crippen LogP contribution in [0.25, 0.3) is 0 Å². The third kappa shape index (κ3) is 3.52. The largest absolute Gasteiger partial charge is 0.497 e. The van der Waals surface area contributed by atoms with Crippen LogP contribution in [0.3, 0.4) is 0 Å². The van der Waals surface area contributed by atoms with E-state index in [9.17, 15) is 0 Å². The van der Waals surface area contributed by atoms with E-state index in [1.807, 2.05) is 24.3 Å². The van der Waals surface area contributed by atoms with Gasteiger partial charge in [0.1, 0.15) is 18.1 Å². The standard InChI is InChI=1S/C18H27NO2/c1-13(18-12-14-3-4-15(18)11-14)19-9-10-21-17-7-5-16(20-2)6-8-17/h5-8,13-15,18-19H,3-4,9-12H2,1-2H3. The van der Waals surface area contributed by atoms with Crippen molar-refractivity contribution in [1.82, 2.24) is 5.32 Å². The summed E-state index contributed by atoms with van der Waals surface area (Å²) in [7, 11) is 1.68. The van der Waals surface area contributed by atoms with Crippen molar-refractivity contribution in [1.29, 1.82) is 0 Å². The SMILES string of the molecule is COc1ccc(OCCNC(C)C2CC3CCC2C3)cc1. The lowest BCUT2D eigenvalue weighted by molar-refractivity contribution is 0.242. The van der Waals surface area contributed by atoms with Crippen LogP contribution < -0.4 is 14.8 Å². The molecule has 1 aromatic carbocycles. The average molecular weight is 289 g/mol. The summed E-state index contributed by atoms with van der Waals surface area (Å²) in [5, 5.41) is 3.65. The molecule has 2 aliphatic carbocycles. The predicted molar refractivity (Wildman–Crippen MR) is 84.9 cm³/mol. The first-order valence-electron chi connectivity index (χ1n) is 8.26. The van der Waals surface area contributed by atoms with Crippen LogP contribution in [0, 0.1) is 17.8 Å². The zero-order chi connectivity index (χ0) is 14.7. The number of hydrogen-bond donors (Lipinski definition) is 1. The molecule has 0 amide bonds. The lowest BCUT2D eigenvalue weighted by atomic mass is 9.84. The number of fused-ring (bicyclic) bond motifs is 2. The van der Waals surface area contributed by atoms with Gasteiger partial charge in [0.05, 0.1) is 7.11 Å². The first-order chi connectivity index (χ1) is 10.3. The second kappa shape index (κ2) is 6.69. The van der Waals surface area contributed by atoms with Gasteiger partial charge < -0.3 is 14.8 Å². The maximum absolute atomic E-state index is 5.76. The Morgan fingerprint density at radius 2 is 1.90 bits per heavy atom. The molecular weight excluding hydrogens is 262 g/mol. The van der Waals surface area contributed by atoms with Gasteiger partial charge in [-0.2, -0.15) is 0 Å². The van der Waals surface area contributed by atoms with Crippen LogP contribution in [-0.2, 0) is 0 Å². The molecule has 4 atom stereocenters. The Balaban J connectivity index is 1.36. The molecule has 3 heteroatoms. The molecule has 0 heterocycles. The van der Waals surface area contributed by atoms with E-state index in [-0.39, 0.29) is 0 Å². The third-order valence-corrected chi connectivity index (χ3v) is 5.33. The van der Waals surface area contributed by atoms with Crippen LogP contribution in [0.2, 0.25) is 0 Å². The second-order valence-corrected chi connectivity index (χ2v) is 6.61. The van der Waals surface area contributed by atoms with Crippen molar-refractivity contribution in [2.45, 2.75) is 38.6 Å². The molecule has 0 spiro atoms. The van der Waals surface area contributed by atoms with Gasteiger partial charge in [-0.05, 0) is 68.2 Å². The van der Waals surface area contributed by atoms with Crippen molar-refractivity contribution in [3.8, 4) is 11.5 Å². The molecule has 0 radical (unpaired) electrons. The monoisotopic (exact) mass is 289 g/mol. The van der Waals surface area contributed by atoms with E-state index in [0.29, 0.717) is 6.04 Å². The fourth-order valence-electron chi connectivity index (χ4n) is 4.19. The molecule has 0 aromatic heterocycles. The summed E-state index contributed by atoms with van der Waals surface area (Å²) in [6, 6.07) is 8.40. The van der Waals surface area contributed by atoms with Gasteiger partial charge in [0.15, 0.2) is 0 Å². The Hall–Kier alpha value is -1.22. The van der Waals surface area contributed by atoms with E-state index in [1.54, 1.807) is 7.11 Å². The van der Waals surface area contributed by atoms with Crippen LogP contribution in [0.4, 0.5) is 0 Å². The van der Waals surface area contributed by atoms with Gasteiger partial charge in [0.2, 0.25) is 0 Å². The summed E-state index contributed by atoms with van der Waals surface area (Å²) in [5.74, 6) is 4.68. The van der Waals surface area contributed by atoms with Crippen molar-refractivity contribution in [3.63, 3.8) is 0 Å². The average Bonchev–Trinajstić information content (AvgIpc) is 3.15. The number of nitrogens with one attached hydrogen (secondary N) is 1. The van der Waals surface area contributed by atoms with Crippen molar-refractivity contribution < 1.29 is 9.47 Å². The van der Waals surface area contributed by atoms with E-state index >= 15 is 0 Å². The summed E-state index contributed by atoms with van der Waals surface area (Å²) < 4.78 is 10.9. The topological polar surface area (TPSA) is 30.5 Å². The predicted octanol–water partition coefficient (Wildman–Crippen LogP) is 3.49. The highest BCUT2D eigenvalue weighted by molar-refractivity contribution is 5.31. The highest BCUT2D eigenvalue weighted by atomic mass is 16.5. The van der Waals surface area contributed by atoms with Crippen LogP contribution >= 0.6 is 0 Å². The van der Waals surface area contributed by atoms with E-state index in [2.05, 4.69) is 12.2 Å². The maximum Gasteiger partial charge on any atom is 0.119 e. The van der Waals surface area contributed by atoms with E-state index in [4.69, 9.17) is 9.47 Å². The molecule has 2 saturated carbocycles. The fraction of sp³-hybridized carbons (Fsp3) is 0.667. The number of hydrogen-bond acceptors (Lipinski definition) is 3. The zero-order valence-electron chi connectivity index (χ0n) is 13.2. The molecule has 3 nitrogen and oxygen atoms in total. The number of ether oxygens (including phenoxy) is 2.